The molecule has 1 unspecified atom stereocenters. The van der Waals surface area contributed by atoms with Crippen molar-refractivity contribution in [3.05, 3.63) is 77.2 Å². The summed E-state index contributed by atoms with van der Waals surface area (Å²) in [5.41, 5.74) is 2.75. The third-order valence-corrected chi connectivity index (χ3v) is 10.3. The third-order valence-electron chi connectivity index (χ3n) is 6.21. The second kappa shape index (κ2) is 6.33. The number of fused-ring (bicyclic) bond motifs is 5. The average molecular weight is 400 g/mol. The molecule has 0 spiro atoms. The topological polar surface area (TPSA) is 12.0 Å². The smallest absolute Gasteiger partial charge is 0.176 e. The highest BCUT2D eigenvalue weighted by Gasteiger charge is 2.35. The minimum absolute atomic E-state index is 0.483. The molecule has 1 heterocycles. The first kappa shape index (κ1) is 17.7. The summed E-state index contributed by atoms with van der Waals surface area (Å²) in [4.78, 5) is 3.92. The fraction of sp³-hybridized carbons (Fsp3) is 0.200. The van der Waals surface area contributed by atoms with Gasteiger partial charge in [0.2, 0.25) is 0 Å². The zero-order chi connectivity index (χ0) is 19.5. The molecule has 3 aromatic carbocycles. The van der Waals surface area contributed by atoms with Gasteiger partial charge in [0.1, 0.15) is 0 Å². The molecule has 28 heavy (non-hydrogen) atoms. The van der Waals surface area contributed by atoms with E-state index in [9.17, 15) is 0 Å². The van der Waals surface area contributed by atoms with E-state index in [2.05, 4.69) is 98.7 Å². The van der Waals surface area contributed by atoms with Gasteiger partial charge >= 0.3 is 0 Å². The molecule has 1 atom stereocenters. The van der Waals surface area contributed by atoms with E-state index in [1.807, 2.05) is 11.3 Å². The van der Waals surface area contributed by atoms with E-state index in [4.69, 9.17) is 0 Å². The highest BCUT2D eigenvalue weighted by atomic mass is 32.1. The molecule has 1 nitrogen and oxygen atoms in total. The minimum Gasteiger partial charge on any atom is -0.407 e. The second-order valence-corrected chi connectivity index (χ2v) is 13.5. The van der Waals surface area contributed by atoms with Crippen molar-refractivity contribution < 1.29 is 0 Å². The molecular formula is C25H25NSSi. The van der Waals surface area contributed by atoms with Crippen LogP contribution < -0.4 is 15.4 Å². The zero-order valence-electron chi connectivity index (χ0n) is 16.8. The van der Waals surface area contributed by atoms with Gasteiger partial charge < -0.3 is 4.98 Å². The number of anilines is 1. The van der Waals surface area contributed by atoms with Crippen LogP contribution in [-0.4, -0.2) is 8.24 Å². The Morgan fingerprint density at radius 1 is 0.857 bits per heavy atom. The Morgan fingerprint density at radius 2 is 1.57 bits per heavy atom. The Kier molecular flexibility index (Phi) is 4.00. The molecular weight excluding hydrogens is 374 g/mol. The van der Waals surface area contributed by atoms with Crippen LogP contribution in [0.4, 0.5) is 5.69 Å². The lowest BCUT2D eigenvalue weighted by molar-refractivity contribution is 1.00. The molecule has 0 saturated heterocycles. The fourth-order valence-corrected chi connectivity index (χ4v) is 9.26. The number of thiophene rings is 1. The van der Waals surface area contributed by atoms with Crippen LogP contribution in [0.25, 0.3) is 30.9 Å². The van der Waals surface area contributed by atoms with E-state index < -0.39 is 8.24 Å². The molecule has 1 aromatic heterocycles. The molecule has 4 aromatic rings. The van der Waals surface area contributed by atoms with Gasteiger partial charge in [-0.15, -0.1) is 11.3 Å². The van der Waals surface area contributed by atoms with Crippen LogP contribution in [-0.2, 0) is 0 Å². The fourth-order valence-electron chi connectivity index (χ4n) is 4.94. The molecule has 0 radical (unpaired) electrons. The van der Waals surface area contributed by atoms with Gasteiger partial charge in [-0.1, -0.05) is 55.0 Å². The number of rotatable bonds is 3. The molecule has 5 rings (SSSR count). The van der Waals surface area contributed by atoms with Gasteiger partial charge in [-0.25, -0.2) is 0 Å². The van der Waals surface area contributed by atoms with Crippen molar-refractivity contribution >= 4 is 56.2 Å². The average Bonchev–Trinajstić information content (AvgIpc) is 3.18. The zero-order valence-corrected chi connectivity index (χ0v) is 18.7. The second-order valence-electron chi connectivity index (χ2n) is 8.39. The van der Waals surface area contributed by atoms with Gasteiger partial charge in [0, 0.05) is 25.9 Å². The number of benzene rings is 3. The van der Waals surface area contributed by atoms with Crippen molar-refractivity contribution in [2.75, 3.05) is 4.98 Å². The minimum atomic E-state index is -1.85. The van der Waals surface area contributed by atoms with Gasteiger partial charge in [-0.3, -0.25) is 0 Å². The number of nitrogens with one attached hydrogen (secondary N) is 1. The van der Waals surface area contributed by atoms with E-state index in [-0.39, 0.29) is 0 Å². The molecule has 0 amide bonds. The van der Waals surface area contributed by atoms with Gasteiger partial charge in [0.25, 0.3) is 0 Å². The van der Waals surface area contributed by atoms with E-state index in [1.54, 1.807) is 5.20 Å². The van der Waals surface area contributed by atoms with Crippen LogP contribution in [0.1, 0.15) is 13.8 Å². The predicted molar refractivity (Wildman–Crippen MR) is 128 cm³/mol. The van der Waals surface area contributed by atoms with E-state index in [1.165, 1.54) is 41.9 Å². The summed E-state index contributed by atoms with van der Waals surface area (Å²) in [6.45, 7) is 9.64. The SMILES string of the molecule is CC1=c2c(ccc3sc4ccccc4c23)=C([Si](C)(C)Nc2ccccc2)C1C. The highest BCUT2D eigenvalue weighted by molar-refractivity contribution is 7.25. The molecule has 140 valence electrons. The van der Waals surface area contributed by atoms with Crippen molar-refractivity contribution in [3.63, 3.8) is 0 Å². The van der Waals surface area contributed by atoms with E-state index in [0.29, 0.717) is 5.92 Å². The first-order chi connectivity index (χ1) is 13.5. The lowest BCUT2D eigenvalue weighted by Crippen LogP contribution is -2.44. The van der Waals surface area contributed by atoms with Crippen LogP contribution in [0.3, 0.4) is 0 Å². The Morgan fingerprint density at radius 3 is 2.36 bits per heavy atom. The first-order valence-electron chi connectivity index (χ1n) is 9.96. The van der Waals surface area contributed by atoms with Crippen LogP contribution in [0.15, 0.2) is 66.7 Å². The molecule has 3 heteroatoms. The van der Waals surface area contributed by atoms with Gasteiger partial charge in [-0.05, 0) is 65.8 Å². The molecule has 1 N–H and O–H groups in total. The summed E-state index contributed by atoms with van der Waals surface area (Å²) in [7, 11) is -1.85. The number of hydrogen-bond donors (Lipinski definition) is 1. The Labute approximate surface area is 171 Å². The van der Waals surface area contributed by atoms with Crippen LogP contribution in [0, 0.1) is 5.92 Å². The van der Waals surface area contributed by atoms with Crippen LogP contribution in [0.5, 0.6) is 0 Å². The Balaban J connectivity index is 1.82. The maximum Gasteiger partial charge on any atom is 0.176 e. The van der Waals surface area contributed by atoms with Crippen molar-refractivity contribution in [1.82, 2.24) is 0 Å². The van der Waals surface area contributed by atoms with Gasteiger partial charge in [-0.2, -0.15) is 0 Å². The maximum absolute atomic E-state index is 3.92. The summed E-state index contributed by atoms with van der Waals surface area (Å²) in [5.74, 6) is 0.483. The Hall–Kier alpha value is -2.36. The molecule has 0 bridgehead atoms. The van der Waals surface area contributed by atoms with Crippen molar-refractivity contribution in [2.45, 2.75) is 26.9 Å². The van der Waals surface area contributed by atoms with E-state index >= 15 is 0 Å². The summed E-state index contributed by atoms with van der Waals surface area (Å²) in [6.07, 6.45) is 0. The quantitative estimate of drug-likeness (QED) is 0.424. The first-order valence-corrected chi connectivity index (χ1v) is 13.8. The van der Waals surface area contributed by atoms with Gasteiger partial charge in [0.05, 0.1) is 0 Å². The summed E-state index contributed by atoms with van der Waals surface area (Å²) < 4.78 is 2.79. The lowest BCUT2D eigenvalue weighted by atomic mass is 10.0. The number of hydrogen-bond acceptors (Lipinski definition) is 2. The standard InChI is InChI=1S/C25H25NSSi/c1-16-17(2)25(28(3,4)26-18-10-6-5-7-11-18)20-14-15-22-24(23(16)20)19-12-8-9-13-21(19)27-22/h5-15,17,26H,1-4H3. The van der Waals surface area contributed by atoms with Crippen LogP contribution >= 0.6 is 11.3 Å². The van der Waals surface area contributed by atoms with Crippen molar-refractivity contribution in [2.24, 2.45) is 5.92 Å². The molecule has 0 aliphatic heterocycles. The maximum atomic E-state index is 3.92. The highest BCUT2D eigenvalue weighted by Crippen LogP contribution is 2.36. The normalized spacial score (nSPS) is 16.8. The van der Waals surface area contributed by atoms with Crippen molar-refractivity contribution in [1.29, 1.82) is 0 Å². The van der Waals surface area contributed by atoms with Gasteiger partial charge in [0.15, 0.2) is 8.24 Å². The van der Waals surface area contributed by atoms with Crippen molar-refractivity contribution in [3.8, 4) is 0 Å². The molecule has 1 aliphatic carbocycles. The molecule has 0 saturated carbocycles. The predicted octanol–water partition coefficient (Wildman–Crippen LogP) is 5.88. The number of para-hydroxylation sites is 1. The molecule has 0 fully saturated rings. The third kappa shape index (κ3) is 2.57. The van der Waals surface area contributed by atoms with E-state index in [0.717, 1.165) is 0 Å². The monoisotopic (exact) mass is 399 g/mol. The summed E-state index contributed by atoms with van der Waals surface area (Å²) in [5, 5.41) is 7.46. The summed E-state index contributed by atoms with van der Waals surface area (Å²) in [6, 6.07) is 24.3. The van der Waals surface area contributed by atoms with Crippen LogP contribution in [0.2, 0.25) is 13.1 Å². The molecule has 1 aliphatic rings. The Bertz CT molecular complexity index is 1330. The summed E-state index contributed by atoms with van der Waals surface area (Å²) >= 11 is 1.92. The largest absolute Gasteiger partial charge is 0.407 e. The lowest BCUT2D eigenvalue weighted by Gasteiger charge is -2.30.